The minimum Gasteiger partial charge on any atom is -0.370 e. The highest BCUT2D eigenvalue weighted by atomic mass is 127. The van der Waals surface area contributed by atoms with Gasteiger partial charge in [-0.25, -0.2) is 0 Å². The number of hydrogen-bond acceptors (Lipinski definition) is 2. The molecule has 2 rings (SSSR count). The van der Waals surface area contributed by atoms with Crippen LogP contribution in [0.5, 0.6) is 0 Å². The summed E-state index contributed by atoms with van der Waals surface area (Å²) in [6.45, 7) is 3.05. The van der Waals surface area contributed by atoms with Gasteiger partial charge in [0.25, 0.3) is 5.91 Å². The van der Waals surface area contributed by atoms with Gasteiger partial charge in [-0.3, -0.25) is 4.79 Å². The van der Waals surface area contributed by atoms with Crippen molar-refractivity contribution in [1.29, 1.82) is 0 Å². The molecule has 1 amide bonds. The Hall–Kier alpha value is -0.0400. The van der Waals surface area contributed by atoms with E-state index in [0.29, 0.717) is 29.6 Å². The standard InChI is InChI=1S/C13H14Cl2INO2/c1-8-6-17(7-10(5-14)19-8)13(18)9-2-3-12(16)11(15)4-9/h2-4,8,10H,5-7H2,1H3. The molecular formula is C13H14Cl2INO2. The molecule has 2 atom stereocenters. The van der Waals surface area contributed by atoms with E-state index in [1.54, 1.807) is 17.0 Å². The van der Waals surface area contributed by atoms with Crippen LogP contribution in [0.1, 0.15) is 17.3 Å². The highest BCUT2D eigenvalue weighted by molar-refractivity contribution is 14.1. The predicted octanol–water partition coefficient (Wildman–Crippen LogP) is 3.41. The van der Waals surface area contributed by atoms with Crippen molar-refractivity contribution in [2.75, 3.05) is 19.0 Å². The summed E-state index contributed by atoms with van der Waals surface area (Å²) in [4.78, 5) is 14.2. The van der Waals surface area contributed by atoms with Gasteiger partial charge >= 0.3 is 0 Å². The molecule has 3 nitrogen and oxygen atoms in total. The molecule has 1 aliphatic heterocycles. The summed E-state index contributed by atoms with van der Waals surface area (Å²) in [6, 6.07) is 5.35. The Kier molecular flexibility index (Phi) is 5.34. The van der Waals surface area contributed by atoms with Crippen molar-refractivity contribution in [2.45, 2.75) is 19.1 Å². The summed E-state index contributed by atoms with van der Waals surface area (Å²) in [5.41, 5.74) is 0.604. The van der Waals surface area contributed by atoms with Crippen LogP contribution in [0.2, 0.25) is 5.02 Å². The van der Waals surface area contributed by atoms with Crippen molar-refractivity contribution in [1.82, 2.24) is 4.90 Å². The summed E-state index contributed by atoms with van der Waals surface area (Å²) >= 11 is 14.0. The monoisotopic (exact) mass is 413 g/mol. The largest absolute Gasteiger partial charge is 0.370 e. The van der Waals surface area contributed by atoms with Crippen LogP contribution in [0.4, 0.5) is 0 Å². The van der Waals surface area contributed by atoms with Gasteiger partial charge in [0.1, 0.15) is 0 Å². The lowest BCUT2D eigenvalue weighted by molar-refractivity contribution is -0.0570. The number of carbonyl (C=O) groups is 1. The highest BCUT2D eigenvalue weighted by Crippen LogP contribution is 2.22. The average molecular weight is 414 g/mol. The Bertz CT molecular complexity index is 484. The minimum absolute atomic E-state index is 0.000713. The normalized spacial score (nSPS) is 23.5. The molecule has 1 heterocycles. The molecule has 104 valence electrons. The van der Waals surface area contributed by atoms with E-state index in [1.165, 1.54) is 0 Å². The summed E-state index contributed by atoms with van der Waals surface area (Å²) in [7, 11) is 0. The molecule has 0 N–H and O–H groups in total. The van der Waals surface area contributed by atoms with Crippen molar-refractivity contribution in [2.24, 2.45) is 0 Å². The smallest absolute Gasteiger partial charge is 0.254 e. The molecule has 1 aliphatic rings. The third-order valence-corrected chi connectivity index (χ3v) is 4.87. The maximum atomic E-state index is 12.4. The van der Waals surface area contributed by atoms with Crippen molar-refractivity contribution in [3.05, 3.63) is 32.4 Å². The van der Waals surface area contributed by atoms with Crippen LogP contribution in [0.3, 0.4) is 0 Å². The highest BCUT2D eigenvalue weighted by Gasteiger charge is 2.28. The van der Waals surface area contributed by atoms with Gasteiger partial charge in [0.2, 0.25) is 0 Å². The van der Waals surface area contributed by atoms with Crippen molar-refractivity contribution in [3.63, 3.8) is 0 Å². The molecule has 0 bridgehead atoms. The van der Waals surface area contributed by atoms with Gasteiger partial charge in [0, 0.05) is 22.2 Å². The fourth-order valence-electron chi connectivity index (χ4n) is 2.11. The number of benzene rings is 1. The Morgan fingerprint density at radius 2 is 2.26 bits per heavy atom. The molecule has 1 fully saturated rings. The molecule has 2 unspecified atom stereocenters. The van der Waals surface area contributed by atoms with E-state index in [2.05, 4.69) is 22.6 Å². The lowest BCUT2D eigenvalue weighted by atomic mass is 10.1. The molecule has 0 spiro atoms. The van der Waals surface area contributed by atoms with E-state index in [4.69, 9.17) is 27.9 Å². The van der Waals surface area contributed by atoms with Gasteiger partial charge in [0.05, 0.1) is 23.1 Å². The first-order valence-electron chi connectivity index (χ1n) is 5.97. The Morgan fingerprint density at radius 3 is 2.89 bits per heavy atom. The van der Waals surface area contributed by atoms with Crippen LogP contribution in [-0.2, 0) is 4.74 Å². The Labute approximate surface area is 136 Å². The molecular weight excluding hydrogens is 400 g/mol. The fraction of sp³-hybridized carbons (Fsp3) is 0.462. The van der Waals surface area contributed by atoms with Gasteiger partial charge in [0.15, 0.2) is 0 Å². The van der Waals surface area contributed by atoms with Crippen molar-refractivity contribution in [3.8, 4) is 0 Å². The van der Waals surface area contributed by atoms with Crippen LogP contribution < -0.4 is 0 Å². The number of nitrogens with zero attached hydrogens (tertiary/aromatic N) is 1. The number of amides is 1. The number of halogens is 3. The first kappa shape index (κ1) is 15.4. The first-order chi connectivity index (χ1) is 9.01. The first-order valence-corrected chi connectivity index (χ1v) is 7.96. The maximum absolute atomic E-state index is 12.4. The molecule has 1 aromatic rings. The third kappa shape index (κ3) is 3.74. The van der Waals surface area contributed by atoms with E-state index in [-0.39, 0.29) is 18.1 Å². The third-order valence-electron chi connectivity index (χ3n) is 2.95. The lowest BCUT2D eigenvalue weighted by Gasteiger charge is -2.36. The zero-order valence-electron chi connectivity index (χ0n) is 10.4. The molecule has 0 saturated carbocycles. The summed E-state index contributed by atoms with van der Waals surface area (Å²) in [5.74, 6) is 0.366. The van der Waals surface area contributed by atoms with Crippen LogP contribution in [0, 0.1) is 3.57 Å². The van der Waals surface area contributed by atoms with E-state index in [1.807, 2.05) is 13.0 Å². The second-order valence-corrected chi connectivity index (χ2v) is 6.44. The van der Waals surface area contributed by atoms with Crippen molar-refractivity contribution < 1.29 is 9.53 Å². The molecule has 0 aliphatic carbocycles. The van der Waals surface area contributed by atoms with Crippen molar-refractivity contribution >= 4 is 51.7 Å². The Morgan fingerprint density at radius 1 is 1.53 bits per heavy atom. The van der Waals surface area contributed by atoms with Crippen LogP contribution in [0.15, 0.2) is 18.2 Å². The predicted molar refractivity (Wildman–Crippen MR) is 85.1 cm³/mol. The number of ether oxygens (including phenoxy) is 1. The number of alkyl halides is 1. The number of morpholine rings is 1. The molecule has 1 saturated heterocycles. The zero-order chi connectivity index (χ0) is 14.0. The molecule has 19 heavy (non-hydrogen) atoms. The summed E-state index contributed by atoms with van der Waals surface area (Å²) < 4.78 is 6.58. The zero-order valence-corrected chi connectivity index (χ0v) is 14.1. The van der Waals surface area contributed by atoms with Gasteiger partial charge < -0.3 is 9.64 Å². The second-order valence-electron chi connectivity index (χ2n) is 4.56. The van der Waals surface area contributed by atoms with E-state index < -0.39 is 0 Å². The van der Waals surface area contributed by atoms with Crippen LogP contribution in [-0.4, -0.2) is 42.0 Å². The van der Waals surface area contributed by atoms with Gasteiger partial charge in [-0.1, -0.05) is 11.6 Å². The quantitative estimate of drug-likeness (QED) is 0.549. The lowest BCUT2D eigenvalue weighted by Crippen LogP contribution is -2.49. The summed E-state index contributed by atoms with van der Waals surface area (Å²) in [5, 5.41) is 0.599. The Balaban J connectivity index is 2.16. The van der Waals surface area contributed by atoms with E-state index >= 15 is 0 Å². The maximum Gasteiger partial charge on any atom is 0.254 e. The summed E-state index contributed by atoms with van der Waals surface area (Å²) in [6.07, 6.45) is -0.102. The number of rotatable bonds is 2. The number of carbonyl (C=O) groups excluding carboxylic acids is 1. The van der Waals surface area contributed by atoms with Gasteiger partial charge in [-0.2, -0.15) is 0 Å². The average Bonchev–Trinajstić information content (AvgIpc) is 2.40. The topological polar surface area (TPSA) is 29.5 Å². The second kappa shape index (κ2) is 6.61. The number of hydrogen-bond donors (Lipinski definition) is 0. The molecule has 1 aromatic carbocycles. The molecule has 0 aromatic heterocycles. The van der Waals surface area contributed by atoms with Gasteiger partial charge in [-0.15, -0.1) is 11.6 Å². The van der Waals surface area contributed by atoms with E-state index in [0.717, 1.165) is 3.57 Å². The van der Waals surface area contributed by atoms with E-state index in [9.17, 15) is 4.79 Å². The van der Waals surface area contributed by atoms with Gasteiger partial charge in [-0.05, 0) is 47.7 Å². The SMILES string of the molecule is CC1CN(C(=O)c2ccc(I)c(Cl)c2)CC(CCl)O1. The fourth-order valence-corrected chi connectivity index (χ4v) is 2.79. The molecule has 6 heteroatoms. The molecule has 0 radical (unpaired) electrons. The van der Waals surface area contributed by atoms with Crippen LogP contribution in [0.25, 0.3) is 0 Å². The van der Waals surface area contributed by atoms with Crippen LogP contribution >= 0.6 is 45.8 Å². The minimum atomic E-state index is -0.103.